The van der Waals surface area contributed by atoms with Crippen LogP contribution in [0.2, 0.25) is 0 Å². The van der Waals surface area contributed by atoms with Crippen molar-refractivity contribution in [3.8, 4) is 5.75 Å². The molecule has 0 bridgehead atoms. The Morgan fingerprint density at radius 1 is 1.53 bits per heavy atom. The van der Waals surface area contributed by atoms with Gasteiger partial charge in [-0.2, -0.15) is 0 Å². The molecule has 0 radical (unpaired) electrons. The Bertz CT molecular complexity index is 549. The highest BCUT2D eigenvalue weighted by Gasteiger charge is 2.14. The summed E-state index contributed by atoms with van der Waals surface area (Å²) < 4.78 is 11.9. The van der Waals surface area contributed by atoms with Crippen molar-refractivity contribution >= 4 is 26.7 Å². The molecule has 1 aromatic carbocycles. The number of aromatic nitrogens is 1. The third-order valence-corrected chi connectivity index (χ3v) is 4.37. The largest absolute Gasteiger partial charge is 0.497 e. The van der Waals surface area contributed by atoms with Gasteiger partial charge in [0.15, 0.2) is 5.13 Å². The van der Waals surface area contributed by atoms with E-state index >= 15 is 0 Å². The van der Waals surface area contributed by atoms with E-state index < -0.39 is 0 Å². The lowest BCUT2D eigenvalue weighted by Crippen LogP contribution is -2.24. The van der Waals surface area contributed by atoms with Gasteiger partial charge in [0.2, 0.25) is 0 Å². The average molecular weight is 278 g/mol. The second-order valence-electron chi connectivity index (χ2n) is 4.82. The predicted octanol–water partition coefficient (Wildman–Crippen LogP) is 3.14. The molecule has 1 aromatic heterocycles. The molecule has 1 unspecified atom stereocenters. The van der Waals surface area contributed by atoms with E-state index in [4.69, 9.17) is 9.47 Å². The number of fused-ring (bicyclic) bond motifs is 1. The van der Waals surface area contributed by atoms with E-state index in [0.717, 1.165) is 40.9 Å². The maximum absolute atomic E-state index is 5.49. The second-order valence-corrected chi connectivity index (χ2v) is 5.85. The standard InChI is InChI=1S/C14H18N2O2S/c1-17-11-4-5-12-13(7-11)19-14(16-12)15-8-10-3-2-6-18-9-10/h4-5,7,10H,2-3,6,8-9H2,1H3,(H,15,16). The highest BCUT2D eigenvalue weighted by atomic mass is 32.1. The van der Waals surface area contributed by atoms with E-state index in [1.807, 2.05) is 18.2 Å². The monoisotopic (exact) mass is 278 g/mol. The minimum absolute atomic E-state index is 0.607. The van der Waals surface area contributed by atoms with Crippen LogP contribution in [0.15, 0.2) is 18.2 Å². The third kappa shape index (κ3) is 2.98. The van der Waals surface area contributed by atoms with Gasteiger partial charge < -0.3 is 14.8 Å². The molecule has 1 atom stereocenters. The van der Waals surface area contributed by atoms with Crippen LogP contribution in [0.4, 0.5) is 5.13 Å². The summed E-state index contributed by atoms with van der Waals surface area (Å²) in [6.07, 6.45) is 2.41. The Hall–Kier alpha value is -1.33. The van der Waals surface area contributed by atoms with Gasteiger partial charge in [-0.1, -0.05) is 11.3 Å². The van der Waals surface area contributed by atoms with Crippen molar-refractivity contribution in [1.29, 1.82) is 0 Å². The fourth-order valence-corrected chi connectivity index (χ4v) is 3.21. The van der Waals surface area contributed by atoms with E-state index in [1.54, 1.807) is 18.4 Å². The first-order valence-electron chi connectivity index (χ1n) is 6.61. The van der Waals surface area contributed by atoms with Gasteiger partial charge in [0, 0.05) is 13.2 Å². The van der Waals surface area contributed by atoms with Crippen LogP contribution in [-0.2, 0) is 4.74 Å². The molecule has 0 amide bonds. The van der Waals surface area contributed by atoms with Gasteiger partial charge in [0.05, 0.1) is 23.9 Å². The van der Waals surface area contributed by atoms with Crippen LogP contribution in [-0.4, -0.2) is 31.9 Å². The number of benzene rings is 1. The third-order valence-electron chi connectivity index (χ3n) is 3.39. The molecule has 1 fully saturated rings. The van der Waals surface area contributed by atoms with E-state index in [2.05, 4.69) is 10.3 Å². The van der Waals surface area contributed by atoms with Crippen molar-refractivity contribution < 1.29 is 9.47 Å². The van der Waals surface area contributed by atoms with Gasteiger partial charge in [-0.05, 0) is 37.0 Å². The van der Waals surface area contributed by atoms with Crippen LogP contribution in [0.3, 0.4) is 0 Å². The van der Waals surface area contributed by atoms with Gasteiger partial charge >= 0.3 is 0 Å². The number of nitrogens with one attached hydrogen (secondary N) is 1. The van der Waals surface area contributed by atoms with Crippen LogP contribution in [0.25, 0.3) is 10.2 Å². The number of methoxy groups -OCH3 is 1. The second kappa shape index (κ2) is 5.75. The Kier molecular flexibility index (Phi) is 3.84. The van der Waals surface area contributed by atoms with Crippen LogP contribution in [0.1, 0.15) is 12.8 Å². The minimum atomic E-state index is 0.607. The van der Waals surface area contributed by atoms with Crippen molar-refractivity contribution in [1.82, 2.24) is 4.98 Å². The molecular weight excluding hydrogens is 260 g/mol. The van der Waals surface area contributed by atoms with Crippen LogP contribution < -0.4 is 10.1 Å². The highest BCUT2D eigenvalue weighted by Crippen LogP contribution is 2.29. The average Bonchev–Trinajstić information content (AvgIpc) is 2.88. The Morgan fingerprint density at radius 3 is 3.26 bits per heavy atom. The molecule has 102 valence electrons. The summed E-state index contributed by atoms with van der Waals surface area (Å²) in [5.41, 5.74) is 1.02. The smallest absolute Gasteiger partial charge is 0.183 e. The molecule has 19 heavy (non-hydrogen) atoms. The molecule has 3 rings (SSSR count). The van der Waals surface area contributed by atoms with E-state index in [-0.39, 0.29) is 0 Å². The number of anilines is 1. The zero-order valence-electron chi connectivity index (χ0n) is 11.0. The molecule has 2 aromatic rings. The van der Waals surface area contributed by atoms with Gasteiger partial charge in [0.1, 0.15) is 5.75 Å². The van der Waals surface area contributed by atoms with Gasteiger partial charge in [-0.3, -0.25) is 0 Å². The summed E-state index contributed by atoms with van der Waals surface area (Å²) in [5, 5.41) is 4.41. The molecule has 5 heteroatoms. The molecule has 4 nitrogen and oxygen atoms in total. The summed E-state index contributed by atoms with van der Waals surface area (Å²) in [4.78, 5) is 4.58. The molecule has 1 N–H and O–H groups in total. The Balaban J connectivity index is 1.67. The molecule has 1 aliphatic rings. The molecular formula is C14H18N2O2S. The van der Waals surface area contributed by atoms with E-state index in [9.17, 15) is 0 Å². The van der Waals surface area contributed by atoms with E-state index in [1.165, 1.54) is 12.8 Å². The molecule has 0 saturated carbocycles. The fraction of sp³-hybridized carbons (Fsp3) is 0.500. The molecule has 1 saturated heterocycles. The zero-order chi connectivity index (χ0) is 13.1. The van der Waals surface area contributed by atoms with Crippen LogP contribution >= 0.6 is 11.3 Å². The van der Waals surface area contributed by atoms with Crippen molar-refractivity contribution in [3.63, 3.8) is 0 Å². The highest BCUT2D eigenvalue weighted by molar-refractivity contribution is 7.22. The number of nitrogens with zero attached hydrogens (tertiary/aromatic N) is 1. The topological polar surface area (TPSA) is 43.4 Å². The lowest BCUT2D eigenvalue weighted by atomic mass is 10.0. The molecule has 0 aliphatic carbocycles. The molecule has 2 heterocycles. The first-order valence-corrected chi connectivity index (χ1v) is 7.43. The number of ether oxygens (including phenoxy) is 2. The summed E-state index contributed by atoms with van der Waals surface area (Å²) in [5.74, 6) is 1.48. The van der Waals surface area contributed by atoms with Crippen LogP contribution in [0.5, 0.6) is 5.75 Å². The Morgan fingerprint density at radius 2 is 2.47 bits per heavy atom. The maximum Gasteiger partial charge on any atom is 0.183 e. The zero-order valence-corrected chi connectivity index (χ0v) is 11.8. The SMILES string of the molecule is COc1ccc2nc(NCC3CCCOC3)sc2c1. The lowest BCUT2D eigenvalue weighted by Gasteiger charge is -2.21. The van der Waals surface area contributed by atoms with E-state index in [0.29, 0.717) is 5.92 Å². The predicted molar refractivity (Wildman–Crippen MR) is 78.2 cm³/mol. The normalized spacial score (nSPS) is 19.5. The number of rotatable bonds is 4. The van der Waals surface area contributed by atoms with Gasteiger partial charge in [-0.15, -0.1) is 0 Å². The van der Waals surface area contributed by atoms with Crippen molar-refractivity contribution in [2.24, 2.45) is 5.92 Å². The summed E-state index contributed by atoms with van der Waals surface area (Å²) in [7, 11) is 1.68. The lowest BCUT2D eigenvalue weighted by molar-refractivity contribution is 0.0595. The van der Waals surface area contributed by atoms with Crippen molar-refractivity contribution in [2.45, 2.75) is 12.8 Å². The Labute approximate surface area is 116 Å². The number of thiazole rings is 1. The maximum atomic E-state index is 5.49. The van der Waals surface area contributed by atoms with Crippen molar-refractivity contribution in [2.75, 3.05) is 32.2 Å². The van der Waals surface area contributed by atoms with Gasteiger partial charge in [0.25, 0.3) is 0 Å². The number of hydrogen-bond acceptors (Lipinski definition) is 5. The first kappa shape index (κ1) is 12.7. The quantitative estimate of drug-likeness (QED) is 0.933. The van der Waals surface area contributed by atoms with Gasteiger partial charge in [-0.25, -0.2) is 4.98 Å². The minimum Gasteiger partial charge on any atom is -0.497 e. The first-order chi connectivity index (χ1) is 9.35. The summed E-state index contributed by atoms with van der Waals surface area (Å²) in [6, 6.07) is 5.97. The summed E-state index contributed by atoms with van der Waals surface area (Å²) >= 11 is 1.67. The summed E-state index contributed by atoms with van der Waals surface area (Å²) in [6.45, 7) is 2.72. The molecule has 0 spiro atoms. The molecule has 1 aliphatic heterocycles. The number of hydrogen-bond donors (Lipinski definition) is 1. The van der Waals surface area contributed by atoms with Crippen LogP contribution in [0, 0.1) is 5.92 Å². The van der Waals surface area contributed by atoms with Crippen molar-refractivity contribution in [3.05, 3.63) is 18.2 Å². The fourth-order valence-electron chi connectivity index (χ4n) is 2.31.